The van der Waals surface area contributed by atoms with E-state index in [1.807, 2.05) is 31.2 Å². The van der Waals surface area contributed by atoms with Gasteiger partial charge in [-0.1, -0.05) is 6.07 Å². The molecular formula is C16H20N2O2S. The van der Waals surface area contributed by atoms with Crippen LogP contribution in [0.4, 0.5) is 5.69 Å². The van der Waals surface area contributed by atoms with Crippen molar-refractivity contribution in [3.8, 4) is 0 Å². The summed E-state index contributed by atoms with van der Waals surface area (Å²) in [5, 5.41) is 4.21. The van der Waals surface area contributed by atoms with Crippen molar-refractivity contribution in [3.05, 3.63) is 36.0 Å². The molecule has 1 fully saturated rings. The highest BCUT2D eigenvalue weighted by Gasteiger charge is 2.34. The zero-order valence-corrected chi connectivity index (χ0v) is 13.2. The molecule has 3 rings (SSSR count). The van der Waals surface area contributed by atoms with Gasteiger partial charge in [0, 0.05) is 29.6 Å². The predicted octanol–water partition coefficient (Wildman–Crippen LogP) is 2.92. The van der Waals surface area contributed by atoms with Gasteiger partial charge < -0.3 is 5.32 Å². The summed E-state index contributed by atoms with van der Waals surface area (Å²) < 4.78 is 23.8. The number of rotatable bonds is 3. The molecule has 2 unspecified atom stereocenters. The van der Waals surface area contributed by atoms with Gasteiger partial charge >= 0.3 is 0 Å². The van der Waals surface area contributed by atoms with Gasteiger partial charge in [-0.3, -0.25) is 4.98 Å². The monoisotopic (exact) mass is 304 g/mol. The molecule has 1 heterocycles. The summed E-state index contributed by atoms with van der Waals surface area (Å²) in [5.41, 5.74) is 3.07. The van der Waals surface area contributed by atoms with Crippen LogP contribution >= 0.6 is 0 Å². The van der Waals surface area contributed by atoms with Crippen molar-refractivity contribution in [1.29, 1.82) is 0 Å². The number of sulfone groups is 1. The molecule has 21 heavy (non-hydrogen) atoms. The Bertz CT molecular complexity index is 771. The Morgan fingerprint density at radius 1 is 1.24 bits per heavy atom. The summed E-state index contributed by atoms with van der Waals surface area (Å²) >= 11 is 0. The number of pyridine rings is 1. The van der Waals surface area contributed by atoms with Gasteiger partial charge in [-0.2, -0.15) is 0 Å². The SMILES string of the molecule is Cc1ccc(NC2CCCC2S(C)(=O)=O)c2cccnc12. The highest BCUT2D eigenvalue weighted by molar-refractivity contribution is 7.91. The second kappa shape index (κ2) is 5.30. The van der Waals surface area contributed by atoms with Crippen molar-refractivity contribution in [3.63, 3.8) is 0 Å². The van der Waals surface area contributed by atoms with Crippen LogP contribution in [0, 0.1) is 6.92 Å². The van der Waals surface area contributed by atoms with Gasteiger partial charge in [0.2, 0.25) is 0 Å². The van der Waals surface area contributed by atoms with Crippen LogP contribution in [0.1, 0.15) is 24.8 Å². The Balaban J connectivity index is 1.97. The van der Waals surface area contributed by atoms with Gasteiger partial charge in [-0.25, -0.2) is 8.42 Å². The number of hydrogen-bond donors (Lipinski definition) is 1. The van der Waals surface area contributed by atoms with Crippen molar-refractivity contribution < 1.29 is 8.42 Å². The summed E-state index contributed by atoms with van der Waals surface area (Å²) in [7, 11) is -3.01. The lowest BCUT2D eigenvalue weighted by Gasteiger charge is -2.22. The molecule has 112 valence electrons. The maximum atomic E-state index is 11.9. The van der Waals surface area contributed by atoms with Crippen molar-refractivity contribution in [2.24, 2.45) is 0 Å². The minimum atomic E-state index is -3.01. The third-order valence-corrected chi connectivity index (χ3v) is 5.98. The first-order valence-corrected chi connectivity index (χ1v) is 9.22. The highest BCUT2D eigenvalue weighted by Crippen LogP contribution is 2.31. The van der Waals surface area contributed by atoms with E-state index in [9.17, 15) is 8.42 Å². The number of anilines is 1. The van der Waals surface area contributed by atoms with Crippen LogP contribution in [-0.4, -0.2) is 30.9 Å². The van der Waals surface area contributed by atoms with Crippen LogP contribution < -0.4 is 5.32 Å². The molecule has 0 spiro atoms. The van der Waals surface area contributed by atoms with Gasteiger partial charge in [-0.05, 0) is 49.9 Å². The first-order chi connectivity index (χ1) is 9.97. The lowest BCUT2D eigenvalue weighted by atomic mass is 10.1. The zero-order chi connectivity index (χ0) is 15.0. The fourth-order valence-corrected chi connectivity index (χ4v) is 4.64. The normalized spacial score (nSPS) is 22.6. The van der Waals surface area contributed by atoms with Crippen LogP contribution in [0.25, 0.3) is 10.9 Å². The molecule has 1 aromatic heterocycles. The minimum Gasteiger partial charge on any atom is -0.380 e. The van der Waals surface area contributed by atoms with E-state index in [4.69, 9.17) is 0 Å². The maximum absolute atomic E-state index is 11.9. The Morgan fingerprint density at radius 3 is 2.81 bits per heavy atom. The lowest BCUT2D eigenvalue weighted by Crippen LogP contribution is -2.34. The smallest absolute Gasteiger partial charge is 0.152 e. The van der Waals surface area contributed by atoms with E-state index in [0.717, 1.165) is 41.4 Å². The second-order valence-electron chi connectivity index (χ2n) is 5.88. The zero-order valence-electron chi connectivity index (χ0n) is 12.3. The molecule has 1 aromatic carbocycles. The molecule has 0 saturated heterocycles. The minimum absolute atomic E-state index is 0.00823. The summed E-state index contributed by atoms with van der Waals surface area (Å²) in [4.78, 5) is 4.43. The van der Waals surface area contributed by atoms with E-state index in [1.165, 1.54) is 6.26 Å². The van der Waals surface area contributed by atoms with Crippen LogP contribution in [0.2, 0.25) is 0 Å². The van der Waals surface area contributed by atoms with Crippen molar-refractivity contribution >= 4 is 26.4 Å². The molecule has 2 aromatic rings. The van der Waals surface area contributed by atoms with E-state index in [1.54, 1.807) is 6.20 Å². The third kappa shape index (κ3) is 2.75. The van der Waals surface area contributed by atoms with Crippen molar-refractivity contribution in [2.75, 3.05) is 11.6 Å². The fraction of sp³-hybridized carbons (Fsp3) is 0.438. The van der Waals surface area contributed by atoms with Crippen molar-refractivity contribution in [1.82, 2.24) is 4.98 Å². The molecule has 2 atom stereocenters. The van der Waals surface area contributed by atoms with Gasteiger partial charge in [-0.15, -0.1) is 0 Å². The van der Waals surface area contributed by atoms with Crippen molar-refractivity contribution in [2.45, 2.75) is 37.5 Å². The average molecular weight is 304 g/mol. The summed E-state index contributed by atoms with van der Waals surface area (Å²) in [6.45, 7) is 2.04. The summed E-state index contributed by atoms with van der Waals surface area (Å²) in [5.74, 6) is 0. The number of aryl methyl sites for hydroxylation is 1. The van der Waals surface area contributed by atoms with Crippen LogP contribution in [0.15, 0.2) is 30.5 Å². The van der Waals surface area contributed by atoms with Crippen LogP contribution in [0.3, 0.4) is 0 Å². The molecule has 4 nitrogen and oxygen atoms in total. The molecule has 0 radical (unpaired) electrons. The first kappa shape index (κ1) is 14.3. The second-order valence-corrected chi connectivity index (χ2v) is 8.14. The Labute approximate surface area is 125 Å². The molecule has 1 saturated carbocycles. The fourth-order valence-electron chi connectivity index (χ4n) is 3.24. The topological polar surface area (TPSA) is 59.1 Å². The molecule has 0 aliphatic heterocycles. The molecule has 0 amide bonds. The number of nitrogens with one attached hydrogen (secondary N) is 1. The average Bonchev–Trinajstić information content (AvgIpc) is 2.91. The number of nitrogens with zero attached hydrogens (tertiary/aromatic N) is 1. The highest BCUT2D eigenvalue weighted by atomic mass is 32.2. The molecule has 1 aliphatic rings. The summed E-state index contributed by atoms with van der Waals surface area (Å²) in [6, 6.07) is 7.99. The maximum Gasteiger partial charge on any atom is 0.152 e. The molecule has 1 N–H and O–H groups in total. The molecule has 1 aliphatic carbocycles. The third-order valence-electron chi connectivity index (χ3n) is 4.31. The molecule has 5 heteroatoms. The molecular weight excluding hydrogens is 284 g/mol. The lowest BCUT2D eigenvalue weighted by molar-refractivity contribution is 0.579. The number of aromatic nitrogens is 1. The van der Waals surface area contributed by atoms with Gasteiger partial charge in [0.1, 0.15) is 0 Å². The Kier molecular flexibility index (Phi) is 3.61. The number of fused-ring (bicyclic) bond motifs is 1. The van der Waals surface area contributed by atoms with Gasteiger partial charge in [0.05, 0.1) is 10.8 Å². The number of hydrogen-bond acceptors (Lipinski definition) is 4. The Morgan fingerprint density at radius 2 is 2.05 bits per heavy atom. The van der Waals surface area contributed by atoms with Crippen LogP contribution in [0.5, 0.6) is 0 Å². The van der Waals surface area contributed by atoms with E-state index in [0.29, 0.717) is 0 Å². The predicted molar refractivity (Wildman–Crippen MR) is 86.4 cm³/mol. The van der Waals surface area contributed by atoms with Gasteiger partial charge in [0.15, 0.2) is 9.84 Å². The van der Waals surface area contributed by atoms with E-state index >= 15 is 0 Å². The largest absolute Gasteiger partial charge is 0.380 e. The number of benzene rings is 1. The standard InChI is InChI=1S/C16H20N2O2S/c1-11-8-9-13(12-5-4-10-17-16(11)12)18-14-6-3-7-15(14)21(2,19)20/h4-5,8-10,14-15,18H,3,6-7H2,1-2H3. The van der Waals surface area contributed by atoms with E-state index in [2.05, 4.69) is 10.3 Å². The Hall–Kier alpha value is -1.62. The van der Waals surface area contributed by atoms with Crippen LogP contribution in [-0.2, 0) is 9.84 Å². The van der Waals surface area contributed by atoms with E-state index < -0.39 is 9.84 Å². The first-order valence-electron chi connectivity index (χ1n) is 7.26. The van der Waals surface area contributed by atoms with E-state index in [-0.39, 0.29) is 11.3 Å². The summed E-state index contributed by atoms with van der Waals surface area (Å²) in [6.07, 6.45) is 5.73. The molecule has 0 bridgehead atoms. The quantitative estimate of drug-likeness (QED) is 0.947. The van der Waals surface area contributed by atoms with Gasteiger partial charge in [0.25, 0.3) is 0 Å².